The summed E-state index contributed by atoms with van der Waals surface area (Å²) in [6.45, 7) is -2.86. The van der Waals surface area contributed by atoms with E-state index in [2.05, 4.69) is 4.74 Å². The van der Waals surface area contributed by atoms with Crippen LogP contribution < -0.4 is 10.5 Å². The van der Waals surface area contributed by atoms with Crippen molar-refractivity contribution in [3.8, 4) is 5.75 Å². The highest BCUT2D eigenvalue weighted by Gasteiger charge is 2.04. The number of hydrogen-bond donors (Lipinski definition) is 3. The minimum Gasteiger partial charge on any atom is -0.435 e. The Morgan fingerprint density at radius 1 is 1.18 bits per heavy atom. The molecule has 0 saturated heterocycles. The molecule has 1 aromatic carbocycles. The molecule has 0 amide bonds. The Morgan fingerprint density at radius 2 is 1.76 bits per heavy atom. The summed E-state index contributed by atoms with van der Waals surface area (Å²) in [4.78, 5) is 0. The SMILES string of the molecule is N=C(N)/C=C\C(=N)c1ccc(OC(F)F)cc1. The number of benzene rings is 1. The number of allylic oxidation sites excluding steroid dienone is 1. The molecular formula is C11H11F2N3O. The molecule has 0 aliphatic rings. The van der Waals surface area contributed by atoms with Crippen molar-refractivity contribution in [3.05, 3.63) is 42.0 Å². The van der Waals surface area contributed by atoms with Crippen molar-refractivity contribution < 1.29 is 13.5 Å². The van der Waals surface area contributed by atoms with Crippen molar-refractivity contribution in [1.82, 2.24) is 0 Å². The van der Waals surface area contributed by atoms with E-state index in [1.165, 1.54) is 36.4 Å². The van der Waals surface area contributed by atoms with E-state index in [-0.39, 0.29) is 17.3 Å². The van der Waals surface area contributed by atoms with Gasteiger partial charge in [0.15, 0.2) is 0 Å². The lowest BCUT2D eigenvalue weighted by molar-refractivity contribution is -0.0498. The Bertz CT molecular complexity index is 441. The van der Waals surface area contributed by atoms with E-state index in [9.17, 15) is 8.78 Å². The summed E-state index contributed by atoms with van der Waals surface area (Å²) in [5.74, 6) is -0.125. The van der Waals surface area contributed by atoms with Crippen LogP contribution in [0, 0.1) is 10.8 Å². The maximum atomic E-state index is 11.9. The van der Waals surface area contributed by atoms with Crippen LogP contribution in [0.5, 0.6) is 5.75 Å². The highest BCUT2D eigenvalue weighted by atomic mass is 19.3. The third kappa shape index (κ3) is 4.42. The molecule has 0 heterocycles. The zero-order chi connectivity index (χ0) is 12.8. The molecule has 0 radical (unpaired) electrons. The van der Waals surface area contributed by atoms with Crippen LogP contribution in [-0.4, -0.2) is 18.2 Å². The van der Waals surface area contributed by atoms with Gasteiger partial charge in [0.25, 0.3) is 0 Å². The lowest BCUT2D eigenvalue weighted by Gasteiger charge is -2.05. The van der Waals surface area contributed by atoms with Crippen LogP contribution in [0.3, 0.4) is 0 Å². The van der Waals surface area contributed by atoms with Crippen LogP contribution >= 0.6 is 0 Å². The average molecular weight is 239 g/mol. The largest absolute Gasteiger partial charge is 0.435 e. The molecule has 0 aromatic heterocycles. The smallest absolute Gasteiger partial charge is 0.387 e. The highest BCUT2D eigenvalue weighted by Crippen LogP contribution is 2.15. The third-order valence-corrected chi connectivity index (χ3v) is 1.82. The number of nitrogens with two attached hydrogens (primary N) is 1. The molecule has 6 heteroatoms. The van der Waals surface area contributed by atoms with E-state index in [0.29, 0.717) is 5.56 Å². The summed E-state index contributed by atoms with van der Waals surface area (Å²) in [6, 6.07) is 5.64. The molecule has 4 N–H and O–H groups in total. The van der Waals surface area contributed by atoms with E-state index in [4.69, 9.17) is 16.6 Å². The van der Waals surface area contributed by atoms with Crippen LogP contribution in [-0.2, 0) is 0 Å². The molecule has 17 heavy (non-hydrogen) atoms. The van der Waals surface area contributed by atoms with Crippen molar-refractivity contribution in [2.24, 2.45) is 5.73 Å². The summed E-state index contributed by atoms with van der Waals surface area (Å²) >= 11 is 0. The summed E-state index contributed by atoms with van der Waals surface area (Å²) in [5, 5.41) is 14.6. The average Bonchev–Trinajstić information content (AvgIpc) is 2.26. The zero-order valence-corrected chi connectivity index (χ0v) is 8.78. The Hall–Kier alpha value is -2.24. The van der Waals surface area contributed by atoms with Gasteiger partial charge in [-0.15, -0.1) is 0 Å². The first-order chi connectivity index (χ1) is 7.99. The second-order valence-electron chi connectivity index (χ2n) is 3.11. The monoisotopic (exact) mass is 239 g/mol. The molecule has 4 nitrogen and oxygen atoms in total. The predicted octanol–water partition coefficient (Wildman–Crippen LogP) is 2.15. The predicted molar refractivity (Wildman–Crippen MR) is 61.0 cm³/mol. The van der Waals surface area contributed by atoms with E-state index in [0.717, 1.165) is 0 Å². The molecule has 90 valence electrons. The molecule has 1 rings (SSSR count). The van der Waals surface area contributed by atoms with Gasteiger partial charge in [0.2, 0.25) is 0 Å². The minimum atomic E-state index is -2.86. The second kappa shape index (κ2) is 5.74. The van der Waals surface area contributed by atoms with Gasteiger partial charge >= 0.3 is 6.61 Å². The Morgan fingerprint density at radius 3 is 2.24 bits per heavy atom. The Kier molecular flexibility index (Phi) is 4.33. The fraction of sp³-hybridized carbons (Fsp3) is 0.0909. The molecule has 0 bridgehead atoms. The number of nitrogens with one attached hydrogen (secondary N) is 2. The highest BCUT2D eigenvalue weighted by molar-refractivity contribution is 6.09. The molecule has 0 saturated carbocycles. The van der Waals surface area contributed by atoms with E-state index in [1.807, 2.05) is 0 Å². The molecule has 0 atom stereocenters. The molecule has 0 fully saturated rings. The fourth-order valence-corrected chi connectivity index (χ4v) is 1.09. The van der Waals surface area contributed by atoms with Gasteiger partial charge in [0, 0.05) is 0 Å². The van der Waals surface area contributed by atoms with Gasteiger partial charge in [0.1, 0.15) is 11.6 Å². The zero-order valence-electron chi connectivity index (χ0n) is 8.78. The Labute approximate surface area is 96.7 Å². The van der Waals surface area contributed by atoms with E-state index < -0.39 is 6.61 Å². The molecule has 0 aliphatic heterocycles. The molecule has 0 unspecified atom stereocenters. The number of alkyl halides is 2. The quantitative estimate of drug-likeness (QED) is 0.543. The van der Waals surface area contributed by atoms with Crippen molar-refractivity contribution in [3.63, 3.8) is 0 Å². The fourth-order valence-electron chi connectivity index (χ4n) is 1.09. The number of halogens is 2. The van der Waals surface area contributed by atoms with Crippen LogP contribution in [0.25, 0.3) is 0 Å². The van der Waals surface area contributed by atoms with Crippen LogP contribution in [0.1, 0.15) is 5.56 Å². The van der Waals surface area contributed by atoms with Crippen LogP contribution in [0.2, 0.25) is 0 Å². The van der Waals surface area contributed by atoms with Gasteiger partial charge < -0.3 is 15.9 Å². The van der Waals surface area contributed by atoms with Gasteiger partial charge in [-0.3, -0.25) is 5.41 Å². The standard InChI is InChI=1S/C11H11F2N3O/c12-11(13)17-8-3-1-7(2-4-8)9(14)5-6-10(15)16/h1-6,11,14H,(H3,15,16)/b6-5-,14-9?. The number of amidine groups is 1. The third-order valence-electron chi connectivity index (χ3n) is 1.82. The van der Waals surface area contributed by atoms with Crippen molar-refractivity contribution in [1.29, 1.82) is 10.8 Å². The van der Waals surface area contributed by atoms with E-state index in [1.54, 1.807) is 0 Å². The van der Waals surface area contributed by atoms with Gasteiger partial charge in [-0.25, -0.2) is 0 Å². The maximum absolute atomic E-state index is 11.9. The normalized spacial score (nSPS) is 10.8. The first-order valence-electron chi connectivity index (χ1n) is 4.65. The topological polar surface area (TPSA) is 83.0 Å². The summed E-state index contributed by atoms with van der Waals surface area (Å²) in [7, 11) is 0. The minimum absolute atomic E-state index is 0.0343. The number of rotatable bonds is 5. The summed E-state index contributed by atoms with van der Waals surface area (Å²) in [5.41, 5.74) is 5.74. The maximum Gasteiger partial charge on any atom is 0.387 e. The first-order valence-corrected chi connectivity index (χ1v) is 4.65. The lowest BCUT2D eigenvalue weighted by Crippen LogP contribution is -2.06. The Balaban J connectivity index is 2.73. The lowest BCUT2D eigenvalue weighted by atomic mass is 10.1. The number of ether oxygens (including phenoxy) is 1. The first kappa shape index (κ1) is 12.8. The van der Waals surface area contributed by atoms with Crippen molar-refractivity contribution in [2.45, 2.75) is 6.61 Å². The van der Waals surface area contributed by atoms with Crippen molar-refractivity contribution >= 4 is 11.5 Å². The summed E-state index contributed by atoms with van der Waals surface area (Å²) in [6.07, 6.45) is 2.62. The number of hydrogen-bond acceptors (Lipinski definition) is 3. The molecular weight excluding hydrogens is 228 g/mol. The van der Waals surface area contributed by atoms with Gasteiger partial charge in [-0.1, -0.05) is 0 Å². The van der Waals surface area contributed by atoms with Crippen molar-refractivity contribution in [2.75, 3.05) is 0 Å². The van der Waals surface area contributed by atoms with E-state index >= 15 is 0 Å². The molecule has 0 aliphatic carbocycles. The van der Waals surface area contributed by atoms with Gasteiger partial charge in [0.05, 0.1) is 5.71 Å². The van der Waals surface area contributed by atoms with Gasteiger partial charge in [-0.05, 0) is 42.0 Å². The summed E-state index contributed by atoms with van der Waals surface area (Å²) < 4.78 is 27.9. The van der Waals surface area contributed by atoms with Gasteiger partial charge in [-0.2, -0.15) is 8.78 Å². The second-order valence-corrected chi connectivity index (χ2v) is 3.11. The van der Waals surface area contributed by atoms with Crippen LogP contribution in [0.4, 0.5) is 8.78 Å². The van der Waals surface area contributed by atoms with Crippen LogP contribution in [0.15, 0.2) is 36.4 Å². The molecule has 1 aromatic rings. The molecule has 0 spiro atoms.